The number of piperazine rings is 1. The second-order valence-corrected chi connectivity index (χ2v) is 8.69. The quantitative estimate of drug-likeness (QED) is 0.587. The second kappa shape index (κ2) is 8.60. The van der Waals surface area contributed by atoms with Gasteiger partial charge < -0.3 is 10.6 Å². The van der Waals surface area contributed by atoms with Crippen molar-refractivity contribution in [2.24, 2.45) is 5.73 Å². The Hall–Kier alpha value is -2.95. The number of anilines is 1. The van der Waals surface area contributed by atoms with Gasteiger partial charge in [-0.1, -0.05) is 0 Å². The van der Waals surface area contributed by atoms with Gasteiger partial charge in [0.1, 0.15) is 0 Å². The van der Waals surface area contributed by atoms with Crippen molar-refractivity contribution in [2.75, 3.05) is 38.7 Å². The second-order valence-electron chi connectivity index (χ2n) is 6.75. The van der Waals surface area contributed by atoms with Crippen LogP contribution in [-0.4, -0.2) is 62.7 Å². The Labute approximate surface area is 169 Å². The van der Waals surface area contributed by atoms with Crippen molar-refractivity contribution in [3.63, 3.8) is 0 Å². The Balaban J connectivity index is 1.60. The zero-order chi connectivity index (χ0) is 21.0. The lowest BCUT2D eigenvalue weighted by molar-refractivity contribution is 0.0959. The summed E-state index contributed by atoms with van der Waals surface area (Å²) in [5.41, 5.74) is 11.6. The first-order valence-electron chi connectivity index (χ1n) is 9.02. The summed E-state index contributed by atoms with van der Waals surface area (Å²) in [6, 6.07) is 12.1. The molecule has 0 radical (unpaired) electrons. The summed E-state index contributed by atoms with van der Waals surface area (Å²) < 4.78 is 26.9. The maximum absolute atomic E-state index is 12.7. The van der Waals surface area contributed by atoms with Crippen molar-refractivity contribution in [1.82, 2.24) is 14.6 Å². The monoisotopic (exact) mass is 417 g/mol. The zero-order valence-corrected chi connectivity index (χ0v) is 16.8. The summed E-state index contributed by atoms with van der Waals surface area (Å²) >= 11 is 0. The highest BCUT2D eigenvalue weighted by Gasteiger charge is 2.27. The van der Waals surface area contributed by atoms with Crippen molar-refractivity contribution in [3.05, 3.63) is 59.7 Å². The lowest BCUT2D eigenvalue weighted by atomic mass is 10.1. The zero-order valence-electron chi connectivity index (χ0n) is 16.0. The van der Waals surface area contributed by atoms with Crippen molar-refractivity contribution in [3.8, 4) is 0 Å². The fraction of sp³-hybridized carbons (Fsp3) is 0.263. The topological polar surface area (TPSA) is 125 Å². The fourth-order valence-electron chi connectivity index (χ4n) is 2.87. The first-order chi connectivity index (χ1) is 13.8. The van der Waals surface area contributed by atoms with E-state index in [1.54, 1.807) is 12.1 Å². The maximum Gasteiger partial charge on any atom is 0.269 e. The van der Waals surface area contributed by atoms with Gasteiger partial charge in [-0.25, -0.2) is 8.42 Å². The molecule has 0 aliphatic carbocycles. The Morgan fingerprint density at radius 1 is 0.897 bits per heavy atom. The van der Waals surface area contributed by atoms with Crippen LogP contribution in [0, 0.1) is 0 Å². The third-order valence-electron chi connectivity index (χ3n) is 4.71. The van der Waals surface area contributed by atoms with Gasteiger partial charge in [-0.05, 0) is 55.6 Å². The van der Waals surface area contributed by atoms with E-state index >= 15 is 0 Å². The Bertz CT molecular complexity index is 982. The van der Waals surface area contributed by atoms with Crippen LogP contribution in [0.4, 0.5) is 5.69 Å². The molecule has 2 aromatic carbocycles. The fourth-order valence-corrected chi connectivity index (χ4v) is 4.30. The molecular formula is C19H23N5O4S. The molecule has 0 spiro atoms. The summed E-state index contributed by atoms with van der Waals surface area (Å²) in [5.74, 6) is -0.975. The molecule has 3 rings (SSSR count). The van der Waals surface area contributed by atoms with Gasteiger partial charge in [-0.2, -0.15) is 4.31 Å². The number of carbonyl (C=O) groups is 2. The van der Waals surface area contributed by atoms with Crippen LogP contribution in [-0.2, 0) is 10.0 Å². The number of sulfonamides is 1. The van der Waals surface area contributed by atoms with Gasteiger partial charge in [0.05, 0.1) is 10.6 Å². The minimum Gasteiger partial charge on any atom is -0.366 e. The van der Waals surface area contributed by atoms with Gasteiger partial charge in [0, 0.05) is 37.3 Å². The van der Waals surface area contributed by atoms with Gasteiger partial charge in [0.25, 0.3) is 5.91 Å². The van der Waals surface area contributed by atoms with E-state index in [0.717, 1.165) is 0 Å². The normalized spacial score (nSPS) is 15.6. The number of rotatable bonds is 6. The average Bonchev–Trinajstić information content (AvgIpc) is 2.72. The molecule has 4 N–H and O–H groups in total. The lowest BCUT2D eigenvalue weighted by Gasteiger charge is -2.31. The number of primary amides is 1. The van der Waals surface area contributed by atoms with Gasteiger partial charge in [-0.15, -0.1) is 0 Å². The molecule has 0 bridgehead atoms. The first-order valence-corrected chi connectivity index (χ1v) is 10.5. The van der Waals surface area contributed by atoms with E-state index in [2.05, 4.69) is 15.8 Å². The van der Waals surface area contributed by atoms with Crippen LogP contribution in [0.5, 0.6) is 0 Å². The van der Waals surface area contributed by atoms with E-state index < -0.39 is 21.8 Å². The predicted octanol–water partition coefficient (Wildman–Crippen LogP) is 0.479. The summed E-state index contributed by atoms with van der Waals surface area (Å²) in [5, 5.41) is 0. The summed E-state index contributed by atoms with van der Waals surface area (Å²) in [7, 11) is -1.57. The Morgan fingerprint density at radius 3 is 2.00 bits per heavy atom. The first kappa shape index (κ1) is 20.8. The molecule has 29 heavy (non-hydrogen) atoms. The van der Waals surface area contributed by atoms with E-state index in [1.165, 1.54) is 40.7 Å². The molecule has 1 saturated heterocycles. The molecule has 0 atom stereocenters. The molecule has 0 aromatic heterocycles. The van der Waals surface area contributed by atoms with Crippen LogP contribution in [0.25, 0.3) is 0 Å². The van der Waals surface area contributed by atoms with Gasteiger partial charge in [0.2, 0.25) is 15.9 Å². The molecule has 1 fully saturated rings. The largest absolute Gasteiger partial charge is 0.366 e. The number of nitrogens with one attached hydrogen (secondary N) is 2. The van der Waals surface area contributed by atoms with Crippen LogP contribution in [0.15, 0.2) is 53.4 Å². The molecule has 0 saturated carbocycles. The van der Waals surface area contributed by atoms with Crippen molar-refractivity contribution in [2.45, 2.75) is 4.90 Å². The van der Waals surface area contributed by atoms with Crippen molar-refractivity contribution in [1.29, 1.82) is 0 Å². The number of amides is 2. The standard InChI is InChI=1S/C19H23N5O4S/c1-23-10-12-24(13-11-23)29(27,28)17-8-6-16(7-9-17)21-22-19(26)15-4-2-14(3-5-15)18(20)25/h2-9,21H,10-13H2,1H3,(H2,20,25)(H,22,26). The smallest absolute Gasteiger partial charge is 0.269 e. The van der Waals surface area contributed by atoms with Gasteiger partial charge in [-0.3, -0.25) is 20.4 Å². The highest BCUT2D eigenvalue weighted by molar-refractivity contribution is 7.89. The number of likely N-dealkylation sites (N-methyl/N-ethyl adjacent to an activating group) is 1. The summed E-state index contributed by atoms with van der Waals surface area (Å²) in [6.45, 7) is 2.32. The average molecular weight is 417 g/mol. The van der Waals surface area contributed by atoms with Crippen LogP contribution in [0.2, 0.25) is 0 Å². The molecule has 0 unspecified atom stereocenters. The van der Waals surface area contributed by atoms with E-state index in [4.69, 9.17) is 5.73 Å². The molecule has 2 aromatic rings. The highest BCUT2D eigenvalue weighted by atomic mass is 32.2. The molecule has 9 nitrogen and oxygen atoms in total. The van der Waals surface area contributed by atoms with Crippen LogP contribution in [0.1, 0.15) is 20.7 Å². The number of hydrazine groups is 1. The molecule has 1 aliphatic heterocycles. The number of nitrogens with two attached hydrogens (primary N) is 1. The third kappa shape index (κ3) is 4.91. The number of nitrogens with zero attached hydrogens (tertiary/aromatic N) is 2. The Morgan fingerprint density at radius 2 is 1.45 bits per heavy atom. The van der Waals surface area contributed by atoms with E-state index in [-0.39, 0.29) is 4.90 Å². The van der Waals surface area contributed by atoms with Gasteiger partial charge >= 0.3 is 0 Å². The predicted molar refractivity (Wildman–Crippen MR) is 109 cm³/mol. The third-order valence-corrected chi connectivity index (χ3v) is 6.62. The van der Waals surface area contributed by atoms with Crippen LogP contribution >= 0.6 is 0 Å². The van der Waals surface area contributed by atoms with Crippen molar-refractivity contribution >= 4 is 27.5 Å². The van der Waals surface area contributed by atoms with Gasteiger partial charge in [0.15, 0.2) is 0 Å². The minimum atomic E-state index is -3.53. The minimum absolute atomic E-state index is 0.209. The van der Waals surface area contributed by atoms with Crippen molar-refractivity contribution < 1.29 is 18.0 Å². The SMILES string of the molecule is CN1CCN(S(=O)(=O)c2ccc(NNC(=O)c3ccc(C(N)=O)cc3)cc2)CC1. The lowest BCUT2D eigenvalue weighted by Crippen LogP contribution is -2.46. The molecular weight excluding hydrogens is 394 g/mol. The van der Waals surface area contributed by atoms with E-state index in [1.807, 2.05) is 7.05 Å². The maximum atomic E-state index is 12.7. The number of benzene rings is 2. The molecule has 2 amide bonds. The van der Waals surface area contributed by atoms with E-state index in [9.17, 15) is 18.0 Å². The number of hydrogen-bond acceptors (Lipinski definition) is 6. The highest BCUT2D eigenvalue weighted by Crippen LogP contribution is 2.19. The summed E-state index contributed by atoms with van der Waals surface area (Å²) in [4.78, 5) is 25.5. The Kier molecular flexibility index (Phi) is 6.16. The molecule has 1 aliphatic rings. The molecule has 1 heterocycles. The van der Waals surface area contributed by atoms with Crippen LogP contribution < -0.4 is 16.6 Å². The molecule has 10 heteroatoms. The molecule has 154 valence electrons. The number of carbonyl (C=O) groups excluding carboxylic acids is 2. The number of hydrogen-bond donors (Lipinski definition) is 3. The van der Waals surface area contributed by atoms with Crippen LogP contribution in [0.3, 0.4) is 0 Å². The van der Waals surface area contributed by atoms with E-state index in [0.29, 0.717) is 43.0 Å². The summed E-state index contributed by atoms with van der Waals surface area (Å²) in [6.07, 6.45) is 0.